The smallest absolute Gasteiger partial charge is 0.364 e. The monoisotopic (exact) mass is 442 g/mol. The fourth-order valence-corrected chi connectivity index (χ4v) is 5.01. The number of aromatic nitrogens is 2. The van der Waals surface area contributed by atoms with Gasteiger partial charge in [0.2, 0.25) is 0 Å². The van der Waals surface area contributed by atoms with Crippen molar-refractivity contribution in [2.45, 2.75) is 51.2 Å². The van der Waals surface area contributed by atoms with Crippen LogP contribution in [0, 0.1) is 6.92 Å². The van der Waals surface area contributed by atoms with Gasteiger partial charge in [0.1, 0.15) is 5.41 Å². The maximum Gasteiger partial charge on any atom is 0.421 e. The Morgan fingerprint density at radius 2 is 1.93 bits per heavy atom. The molecule has 162 valence electrons. The number of pyridine rings is 1. The minimum absolute atomic E-state index is 0.128. The van der Waals surface area contributed by atoms with Crippen molar-refractivity contribution in [1.82, 2.24) is 14.5 Å². The van der Waals surface area contributed by atoms with E-state index < -0.39 is 34.1 Å². The van der Waals surface area contributed by atoms with E-state index in [1.807, 2.05) is 0 Å². The molecular weight excluding hydrogens is 419 g/mol. The Hall–Kier alpha value is -2.53. The van der Waals surface area contributed by atoms with Gasteiger partial charge in [0.05, 0.1) is 22.8 Å². The lowest BCUT2D eigenvalue weighted by Gasteiger charge is -2.30. The number of nitrogens with two attached hydrogens (primary N) is 2. The molecule has 3 heterocycles. The first kappa shape index (κ1) is 22.2. The number of primary amides is 2. The highest BCUT2D eigenvalue weighted by atomic mass is 32.1. The van der Waals surface area contributed by atoms with Crippen LogP contribution in [-0.4, -0.2) is 40.7 Å². The molecule has 0 spiro atoms. The molecule has 1 aliphatic heterocycles. The van der Waals surface area contributed by atoms with Crippen LogP contribution in [0.5, 0.6) is 0 Å². The fraction of sp³-hybridized carbons (Fsp3) is 0.474. The quantitative estimate of drug-likeness (QED) is 0.707. The summed E-state index contributed by atoms with van der Waals surface area (Å²) in [6.45, 7) is 4.12. The first-order valence-corrected chi connectivity index (χ1v) is 10.1. The maximum atomic E-state index is 13.5. The molecule has 0 aromatic carbocycles. The minimum atomic E-state index is -4.47. The predicted molar refractivity (Wildman–Crippen MR) is 108 cm³/mol. The molecule has 4 N–H and O–H groups in total. The van der Waals surface area contributed by atoms with Crippen LogP contribution in [0.4, 0.5) is 23.1 Å². The minimum Gasteiger partial charge on any atom is -0.364 e. The number of carbonyl (C=O) groups is 2. The van der Waals surface area contributed by atoms with Gasteiger partial charge in [0, 0.05) is 19.0 Å². The SMILES string of the molecule is Cc1nc([N+]2(C(N)=O)CCCC2C(N)=O)sc1-c1ccnc(C(C)(C)C(F)(F)F)c1. The lowest BCUT2D eigenvalue weighted by Crippen LogP contribution is -2.63. The first-order valence-electron chi connectivity index (χ1n) is 9.31. The summed E-state index contributed by atoms with van der Waals surface area (Å²) >= 11 is 1.13. The van der Waals surface area contributed by atoms with Gasteiger partial charge in [-0.15, -0.1) is 0 Å². The standard InChI is InChI=1S/C19H22F3N5O2S/c1-10-14(11-6-7-25-13(9-11)18(2,3)19(20,21)22)30-17(26-10)27(16(24)29)8-4-5-12(27)15(23)28/h6-7,9,12H,4-5,8H2,1-3H3,(H3-,23,24,28,29)/p+1. The van der Waals surface area contributed by atoms with Gasteiger partial charge in [0.15, 0.2) is 6.04 Å². The number of halogens is 3. The van der Waals surface area contributed by atoms with Crippen molar-refractivity contribution in [2.24, 2.45) is 11.5 Å². The number of thiazole rings is 1. The van der Waals surface area contributed by atoms with E-state index in [1.54, 1.807) is 13.0 Å². The Bertz CT molecular complexity index is 1000. The van der Waals surface area contributed by atoms with E-state index in [0.717, 1.165) is 25.2 Å². The molecule has 0 saturated carbocycles. The molecule has 2 atom stereocenters. The van der Waals surface area contributed by atoms with Crippen LogP contribution in [-0.2, 0) is 10.2 Å². The first-order chi connectivity index (χ1) is 13.8. The van der Waals surface area contributed by atoms with Gasteiger partial charge in [-0.25, -0.2) is 4.79 Å². The molecule has 2 aromatic rings. The van der Waals surface area contributed by atoms with Crippen LogP contribution in [0.3, 0.4) is 0 Å². The molecule has 0 bridgehead atoms. The number of urea groups is 1. The lowest BCUT2D eigenvalue weighted by molar-refractivity contribution is -0.181. The highest BCUT2D eigenvalue weighted by molar-refractivity contribution is 7.19. The Kier molecular flexibility index (Phi) is 5.40. The number of rotatable bonds is 4. The van der Waals surface area contributed by atoms with E-state index in [2.05, 4.69) is 9.97 Å². The lowest BCUT2D eigenvalue weighted by atomic mass is 9.87. The average molecular weight is 442 g/mol. The normalized spacial score (nSPS) is 22.3. The van der Waals surface area contributed by atoms with E-state index in [1.165, 1.54) is 12.3 Å². The van der Waals surface area contributed by atoms with E-state index in [0.29, 0.717) is 34.1 Å². The van der Waals surface area contributed by atoms with Gasteiger partial charge in [-0.3, -0.25) is 9.78 Å². The van der Waals surface area contributed by atoms with Crippen molar-refractivity contribution in [3.8, 4) is 10.4 Å². The summed E-state index contributed by atoms with van der Waals surface area (Å²) in [6.07, 6.45) is -2.18. The number of hydrogen-bond acceptors (Lipinski definition) is 5. The molecular formula is C19H23F3N5O2S+. The van der Waals surface area contributed by atoms with E-state index in [4.69, 9.17) is 11.5 Å². The summed E-state index contributed by atoms with van der Waals surface area (Å²) in [4.78, 5) is 33.4. The molecule has 11 heteroatoms. The van der Waals surface area contributed by atoms with Gasteiger partial charge in [-0.1, -0.05) is 11.3 Å². The summed E-state index contributed by atoms with van der Waals surface area (Å²) < 4.78 is 39.9. The van der Waals surface area contributed by atoms with Gasteiger partial charge in [-0.05, 0) is 38.5 Å². The van der Waals surface area contributed by atoms with Crippen LogP contribution in [0.2, 0.25) is 0 Å². The zero-order valence-electron chi connectivity index (χ0n) is 16.8. The van der Waals surface area contributed by atoms with Crippen molar-refractivity contribution in [3.63, 3.8) is 0 Å². The number of alkyl halides is 3. The number of amides is 3. The van der Waals surface area contributed by atoms with Crippen molar-refractivity contribution >= 4 is 28.4 Å². The van der Waals surface area contributed by atoms with E-state index in [9.17, 15) is 22.8 Å². The summed E-state index contributed by atoms with van der Waals surface area (Å²) in [6, 6.07) is 1.41. The number of carbonyl (C=O) groups excluding carboxylic acids is 2. The second-order valence-electron chi connectivity index (χ2n) is 7.95. The predicted octanol–water partition coefficient (Wildman–Crippen LogP) is 3.39. The molecule has 30 heavy (non-hydrogen) atoms. The van der Waals surface area contributed by atoms with E-state index in [-0.39, 0.29) is 12.2 Å². The summed E-state index contributed by atoms with van der Waals surface area (Å²) in [5.41, 5.74) is 9.94. The molecule has 2 aromatic heterocycles. The number of hydrogen-bond donors (Lipinski definition) is 2. The van der Waals surface area contributed by atoms with Crippen molar-refractivity contribution in [2.75, 3.05) is 6.54 Å². The zero-order valence-corrected chi connectivity index (χ0v) is 17.6. The molecule has 1 aliphatic rings. The van der Waals surface area contributed by atoms with Gasteiger partial charge in [0.25, 0.3) is 11.0 Å². The van der Waals surface area contributed by atoms with Crippen LogP contribution < -0.4 is 16.0 Å². The third-order valence-corrected chi connectivity index (χ3v) is 7.07. The zero-order chi connectivity index (χ0) is 22.5. The molecule has 0 radical (unpaired) electrons. The second kappa shape index (κ2) is 7.31. The van der Waals surface area contributed by atoms with Crippen molar-refractivity contribution < 1.29 is 22.8 Å². The fourth-order valence-electron chi connectivity index (χ4n) is 3.74. The summed E-state index contributed by atoms with van der Waals surface area (Å²) in [5, 5.41) is 0.310. The Labute approximate surface area is 175 Å². The van der Waals surface area contributed by atoms with Gasteiger partial charge < -0.3 is 11.5 Å². The van der Waals surface area contributed by atoms with E-state index >= 15 is 0 Å². The van der Waals surface area contributed by atoms with Gasteiger partial charge >= 0.3 is 12.2 Å². The Morgan fingerprint density at radius 3 is 2.50 bits per heavy atom. The third kappa shape index (κ3) is 3.35. The molecule has 2 unspecified atom stereocenters. The molecule has 1 saturated heterocycles. The largest absolute Gasteiger partial charge is 0.421 e. The second-order valence-corrected chi connectivity index (χ2v) is 8.93. The van der Waals surface area contributed by atoms with Crippen LogP contribution in [0.1, 0.15) is 38.1 Å². The molecule has 7 nitrogen and oxygen atoms in total. The van der Waals surface area contributed by atoms with Crippen molar-refractivity contribution in [1.29, 1.82) is 0 Å². The molecule has 1 fully saturated rings. The maximum absolute atomic E-state index is 13.5. The highest BCUT2D eigenvalue weighted by Crippen LogP contribution is 2.44. The topological polar surface area (TPSA) is 112 Å². The third-order valence-electron chi connectivity index (χ3n) is 5.74. The summed E-state index contributed by atoms with van der Waals surface area (Å²) in [7, 11) is 0. The van der Waals surface area contributed by atoms with Crippen molar-refractivity contribution in [3.05, 3.63) is 29.7 Å². The molecule has 0 aliphatic carbocycles. The molecule has 3 rings (SSSR count). The Balaban J connectivity index is 2.11. The van der Waals surface area contributed by atoms with Crippen LogP contribution >= 0.6 is 11.3 Å². The summed E-state index contributed by atoms with van der Waals surface area (Å²) in [5.74, 6) is -0.640. The number of quaternary nitrogens is 1. The number of nitrogens with zero attached hydrogens (tertiary/aromatic N) is 3. The average Bonchev–Trinajstić information content (AvgIpc) is 3.25. The highest BCUT2D eigenvalue weighted by Gasteiger charge is 2.54. The number of aryl methyl sites for hydroxylation is 1. The molecule has 3 amide bonds. The number of likely N-dealkylation sites (tertiary alicyclic amines) is 1. The van der Waals surface area contributed by atoms with Crippen LogP contribution in [0.15, 0.2) is 18.3 Å². The van der Waals surface area contributed by atoms with Crippen LogP contribution in [0.25, 0.3) is 10.4 Å². The Morgan fingerprint density at radius 1 is 1.27 bits per heavy atom. The van der Waals surface area contributed by atoms with Gasteiger partial charge in [-0.2, -0.15) is 22.6 Å².